The minimum atomic E-state index is -0.288. The summed E-state index contributed by atoms with van der Waals surface area (Å²) in [7, 11) is 0. The zero-order valence-corrected chi connectivity index (χ0v) is 36.8. The lowest BCUT2D eigenvalue weighted by molar-refractivity contribution is 0.483. The lowest BCUT2D eigenvalue weighted by atomic mass is 9.80. The van der Waals surface area contributed by atoms with Crippen LogP contribution >= 0.6 is 0 Å². The summed E-state index contributed by atoms with van der Waals surface area (Å²) in [5.74, 6) is 1.82. The van der Waals surface area contributed by atoms with Crippen molar-refractivity contribution in [1.82, 2.24) is 18.7 Å². The molecule has 0 bridgehead atoms. The van der Waals surface area contributed by atoms with Gasteiger partial charge in [0.05, 0.1) is 34.3 Å². The van der Waals surface area contributed by atoms with E-state index in [0.29, 0.717) is 17.1 Å². The van der Waals surface area contributed by atoms with E-state index in [9.17, 15) is 9.65 Å². The number of rotatable bonds is 6. The summed E-state index contributed by atoms with van der Waals surface area (Å²) in [6, 6.07) is 49.9. The van der Waals surface area contributed by atoms with Crippen molar-refractivity contribution in [3.8, 4) is 34.5 Å². The number of hydrogen-bond donors (Lipinski definition) is 0. The maximum Gasteiger partial charge on any atom is 0.503 e. The van der Waals surface area contributed by atoms with E-state index in [1.54, 1.807) is 12.1 Å². The Morgan fingerprint density at radius 3 is 2.03 bits per heavy atom. The van der Waals surface area contributed by atoms with Crippen LogP contribution < -0.4 is 13.9 Å². The van der Waals surface area contributed by atoms with Gasteiger partial charge in [-0.3, -0.25) is 4.57 Å². The molecule has 9 rings (SSSR count). The van der Waals surface area contributed by atoms with Gasteiger partial charge in [-0.05, 0) is 114 Å². The molecule has 306 valence electrons. The highest BCUT2D eigenvalue weighted by atomic mass is 19.1. The van der Waals surface area contributed by atoms with E-state index >= 15 is 0 Å². The molecule has 62 heavy (non-hydrogen) atoms. The Morgan fingerprint density at radius 1 is 0.613 bits per heavy atom. The van der Waals surface area contributed by atoms with Crippen LogP contribution in [0.1, 0.15) is 84.6 Å². The minimum absolute atomic E-state index is 0.0711. The number of aromatic nitrogens is 2. The van der Waals surface area contributed by atoms with Crippen LogP contribution in [0.2, 0.25) is 0 Å². The van der Waals surface area contributed by atoms with Crippen molar-refractivity contribution in [3.63, 3.8) is 0 Å². The molecule has 0 saturated heterocycles. The summed E-state index contributed by atoms with van der Waals surface area (Å²) in [6.45, 7) is 20.0. The quantitative estimate of drug-likeness (QED) is 0.157. The first-order valence-electron chi connectivity index (χ1n) is 21.1. The summed E-state index contributed by atoms with van der Waals surface area (Å²) in [5.41, 5.74) is 11.2. The van der Waals surface area contributed by atoms with E-state index in [4.69, 9.17) is 9.72 Å². The molecule has 1 aliphatic heterocycles. The monoisotopic (exact) mass is 815 g/mol. The summed E-state index contributed by atoms with van der Waals surface area (Å²) in [5, 5.41) is 11.8. The molecule has 0 spiro atoms. The predicted octanol–water partition coefficient (Wildman–Crippen LogP) is 14.4. The van der Waals surface area contributed by atoms with Crippen molar-refractivity contribution in [1.29, 1.82) is 5.26 Å². The van der Waals surface area contributed by atoms with Crippen molar-refractivity contribution in [2.45, 2.75) is 78.6 Å². The summed E-state index contributed by atoms with van der Waals surface area (Å²) in [4.78, 5) is 4.84. The molecule has 6 nitrogen and oxygen atoms in total. The largest absolute Gasteiger partial charge is 0.503 e. The first-order valence-corrected chi connectivity index (χ1v) is 21.1. The molecule has 1 aliphatic rings. The van der Waals surface area contributed by atoms with Crippen molar-refractivity contribution in [2.24, 2.45) is 0 Å². The average Bonchev–Trinajstić information content (AvgIpc) is 3.78. The Labute approximate surface area is 363 Å². The highest BCUT2D eigenvalue weighted by molar-refractivity contribution is 6.10. The van der Waals surface area contributed by atoms with E-state index < -0.39 is 0 Å². The van der Waals surface area contributed by atoms with Gasteiger partial charge in [0, 0.05) is 47.3 Å². The summed E-state index contributed by atoms with van der Waals surface area (Å²) in [6.07, 6.45) is 1.86. The smallest absolute Gasteiger partial charge is 0.457 e. The molecule has 3 heterocycles. The number of fused-ring (bicyclic) bond motifs is 4. The zero-order chi connectivity index (χ0) is 43.7. The molecule has 0 fully saturated rings. The third kappa shape index (κ3) is 7.38. The molecule has 2 aromatic heterocycles. The van der Waals surface area contributed by atoms with E-state index in [2.05, 4.69) is 143 Å². The Kier molecular flexibility index (Phi) is 9.62. The normalized spacial score (nSPS) is 12.9. The van der Waals surface area contributed by atoms with Crippen molar-refractivity contribution >= 4 is 50.6 Å². The highest BCUT2D eigenvalue weighted by Gasteiger charge is 2.40. The number of pyridine rings is 1. The number of benzene rings is 6. The van der Waals surface area contributed by atoms with E-state index in [-0.39, 0.29) is 22.1 Å². The van der Waals surface area contributed by atoms with E-state index in [0.717, 1.165) is 61.5 Å². The third-order valence-electron chi connectivity index (χ3n) is 11.7. The van der Waals surface area contributed by atoms with Gasteiger partial charge in [-0.25, -0.2) is 9.37 Å². The fraction of sp³-hybridized carbons (Fsp3) is 0.218. The maximum absolute atomic E-state index is 14.8. The van der Waals surface area contributed by atoms with Gasteiger partial charge in [-0.1, -0.05) is 92.6 Å². The van der Waals surface area contributed by atoms with Gasteiger partial charge in [0.1, 0.15) is 23.1 Å². The number of nitrogens with zero attached hydrogens (tertiary/aromatic N) is 5. The standard InChI is InChI=1S/C55H50FN5O/c1-53(2,3)37-23-24-58-51(30-37)61-48-22-19-35(33-57)25-47(48)46-21-20-44(32-50(46)61)62-43-16-11-15-41(31-43)59-34-60(42-28-38(54(4,5)6)27-39(29-42)55(7,8)9)52-45(17-12-18-49(52)59)36-13-10-14-40(56)26-36/h10-32H,1-9H3/q+2. The Bertz CT molecular complexity index is 3200. The van der Waals surface area contributed by atoms with Gasteiger partial charge in [0.25, 0.3) is 5.69 Å². The molecular weight excluding hydrogens is 766 g/mol. The second kappa shape index (κ2) is 14.8. The molecule has 6 aromatic carbocycles. The number of ether oxygens (including phenoxy) is 1. The number of hydrogen-bond acceptors (Lipinski definition) is 3. The molecular formula is C55H50FN5O+2. The van der Waals surface area contributed by atoms with Crippen molar-refractivity contribution in [3.05, 3.63) is 168 Å². The minimum Gasteiger partial charge on any atom is -0.457 e. The van der Waals surface area contributed by atoms with Gasteiger partial charge in [-0.2, -0.15) is 5.26 Å². The molecule has 0 atom stereocenters. The second-order valence-corrected chi connectivity index (χ2v) is 19.3. The van der Waals surface area contributed by atoms with Gasteiger partial charge < -0.3 is 4.74 Å². The van der Waals surface area contributed by atoms with Crippen LogP contribution in [-0.4, -0.2) is 15.6 Å². The molecule has 0 N–H and O–H groups in total. The van der Waals surface area contributed by atoms with Crippen LogP contribution in [0.15, 0.2) is 140 Å². The lowest BCUT2D eigenvalue weighted by Gasteiger charge is -2.24. The van der Waals surface area contributed by atoms with Gasteiger partial charge in [0.15, 0.2) is 0 Å². The Balaban J connectivity index is 1.19. The van der Waals surface area contributed by atoms with E-state index in [1.807, 2.05) is 66.9 Å². The molecule has 0 radical (unpaired) electrons. The SMILES string of the molecule is CC(C)(C)c1cc([N+]2=C=[N+](c3cccc(Oc4ccc5c6cc(C#N)ccc6n(-c6cc(C(C)(C)C)ccn6)c5c4)c3)c3cccc(-c4cccc(F)c4)c32)cc(C(C)(C)C)c1. The first-order chi connectivity index (χ1) is 29.5. The van der Waals surface area contributed by atoms with Crippen LogP contribution in [0.25, 0.3) is 38.8 Å². The molecule has 7 heteroatoms. The van der Waals surface area contributed by atoms with Crippen LogP contribution in [0.5, 0.6) is 11.5 Å². The summed E-state index contributed by atoms with van der Waals surface area (Å²) < 4.78 is 27.9. The highest BCUT2D eigenvalue weighted by Crippen LogP contribution is 2.45. The fourth-order valence-electron chi connectivity index (χ4n) is 8.24. The maximum atomic E-state index is 14.8. The van der Waals surface area contributed by atoms with Crippen LogP contribution in [-0.2, 0) is 16.2 Å². The molecule has 0 amide bonds. The lowest BCUT2D eigenvalue weighted by Crippen LogP contribution is -2.17. The van der Waals surface area contributed by atoms with Crippen LogP contribution in [0, 0.1) is 17.1 Å². The number of halogens is 1. The van der Waals surface area contributed by atoms with Gasteiger partial charge >= 0.3 is 11.7 Å². The number of nitriles is 1. The fourth-order valence-corrected chi connectivity index (χ4v) is 8.24. The molecule has 0 aliphatic carbocycles. The molecule has 0 unspecified atom stereocenters. The average molecular weight is 816 g/mol. The third-order valence-corrected chi connectivity index (χ3v) is 11.7. The van der Waals surface area contributed by atoms with Gasteiger partial charge in [-0.15, -0.1) is 0 Å². The van der Waals surface area contributed by atoms with Crippen molar-refractivity contribution < 1.29 is 9.13 Å². The summed E-state index contributed by atoms with van der Waals surface area (Å²) >= 11 is 0. The van der Waals surface area contributed by atoms with E-state index in [1.165, 1.54) is 22.8 Å². The number of para-hydroxylation sites is 1. The Morgan fingerprint density at radius 2 is 1.32 bits per heavy atom. The van der Waals surface area contributed by atoms with Crippen LogP contribution in [0.3, 0.4) is 0 Å². The zero-order valence-electron chi connectivity index (χ0n) is 36.8. The molecule has 0 saturated carbocycles. The van der Waals surface area contributed by atoms with Gasteiger partial charge in [0.2, 0.25) is 11.4 Å². The topological polar surface area (TPSA) is 56.9 Å². The van der Waals surface area contributed by atoms with Crippen molar-refractivity contribution in [2.75, 3.05) is 0 Å². The molecule has 8 aromatic rings. The first kappa shape index (κ1) is 40.3. The predicted molar refractivity (Wildman–Crippen MR) is 252 cm³/mol. The van der Waals surface area contributed by atoms with Crippen LogP contribution in [0.4, 0.5) is 27.1 Å². The second-order valence-electron chi connectivity index (χ2n) is 19.3. The Hall–Kier alpha value is -7.13.